The van der Waals surface area contributed by atoms with Crippen molar-refractivity contribution in [2.75, 3.05) is 11.9 Å². The molecule has 5 atom stereocenters. The minimum absolute atomic E-state index is 0.0172. The van der Waals surface area contributed by atoms with Crippen molar-refractivity contribution in [3.05, 3.63) is 52.7 Å². The van der Waals surface area contributed by atoms with E-state index in [4.69, 9.17) is 6.42 Å². The number of aliphatic hydroxyl groups excluding tert-OH is 1. The van der Waals surface area contributed by atoms with Crippen LogP contribution in [0.15, 0.2) is 29.5 Å². The molecule has 1 aromatic carbocycles. The number of anilines is 1. The van der Waals surface area contributed by atoms with E-state index in [0.717, 1.165) is 0 Å². The van der Waals surface area contributed by atoms with Crippen molar-refractivity contribution in [2.45, 2.75) is 56.3 Å². The number of carbonyl (C=O) groups is 1. The molecule has 0 bridgehead atoms. The second-order valence-corrected chi connectivity index (χ2v) is 8.78. The summed E-state index contributed by atoms with van der Waals surface area (Å²) in [6, 6.07) is 2.54. The van der Waals surface area contributed by atoms with Gasteiger partial charge in [0.1, 0.15) is 36.0 Å². The Morgan fingerprint density at radius 3 is 2.76 bits per heavy atom. The zero-order valence-corrected chi connectivity index (χ0v) is 18.1. The molecule has 1 saturated heterocycles. The number of aliphatic hydroxyl groups is 1. The quantitative estimate of drug-likeness (QED) is 0.672. The Morgan fingerprint density at radius 1 is 1.21 bits per heavy atom. The minimum Gasteiger partial charge on any atom is -0.391 e. The monoisotopic (exact) mass is 469 g/mol. The first kappa shape index (κ1) is 22.3. The first-order valence-electron chi connectivity index (χ1n) is 11.0. The number of hydrogen-bond donors (Lipinski definition) is 2. The number of nitrogens with zero attached hydrogens (tertiary/aromatic N) is 4. The minimum atomic E-state index is -1.32. The molecule has 2 aliphatic heterocycles. The van der Waals surface area contributed by atoms with Crippen molar-refractivity contribution >= 4 is 17.4 Å². The maximum absolute atomic E-state index is 14.5. The Balaban J connectivity index is 1.47. The van der Waals surface area contributed by atoms with E-state index < -0.39 is 42.3 Å². The van der Waals surface area contributed by atoms with Crippen molar-refractivity contribution in [2.24, 2.45) is 4.99 Å². The highest BCUT2D eigenvalue weighted by Crippen LogP contribution is 2.37. The van der Waals surface area contributed by atoms with E-state index in [0.29, 0.717) is 22.4 Å². The predicted octanol–water partition coefficient (Wildman–Crippen LogP) is 2.48. The third kappa shape index (κ3) is 3.90. The summed E-state index contributed by atoms with van der Waals surface area (Å²) < 4.78 is 42.3. The SMILES string of the molecule is C#Cc1ccc(F)cc1[C@H]1C[C@H](F)CN1C(=O)C1=NCc2ncnc(N[C@@H]3C[C@@H](F)C[C@H]3O)c21. The summed E-state index contributed by atoms with van der Waals surface area (Å²) in [5.41, 5.74) is 1.63. The summed E-state index contributed by atoms with van der Waals surface area (Å²) in [6.07, 6.45) is 3.62. The first-order valence-corrected chi connectivity index (χ1v) is 11.0. The summed E-state index contributed by atoms with van der Waals surface area (Å²) in [7, 11) is 0. The molecule has 7 nitrogen and oxygen atoms in total. The Morgan fingerprint density at radius 2 is 2.03 bits per heavy atom. The fourth-order valence-corrected chi connectivity index (χ4v) is 4.97. The van der Waals surface area contributed by atoms with Gasteiger partial charge < -0.3 is 15.3 Å². The van der Waals surface area contributed by atoms with Crippen LogP contribution in [0.5, 0.6) is 0 Å². The second-order valence-electron chi connectivity index (χ2n) is 8.78. The van der Waals surface area contributed by atoms with E-state index in [2.05, 4.69) is 26.2 Å². The van der Waals surface area contributed by atoms with Crippen LogP contribution in [0.3, 0.4) is 0 Å². The highest BCUT2D eigenvalue weighted by molar-refractivity contribution is 6.47. The lowest BCUT2D eigenvalue weighted by Crippen LogP contribution is -2.38. The summed E-state index contributed by atoms with van der Waals surface area (Å²) in [6.45, 7) is -0.0700. The number of fused-ring (bicyclic) bond motifs is 1. The largest absolute Gasteiger partial charge is 0.391 e. The topological polar surface area (TPSA) is 90.7 Å². The van der Waals surface area contributed by atoms with Gasteiger partial charge in [-0.15, -0.1) is 6.42 Å². The number of nitrogens with one attached hydrogen (secondary N) is 1. The molecule has 176 valence electrons. The van der Waals surface area contributed by atoms with Crippen LogP contribution in [-0.4, -0.2) is 62.6 Å². The first-order chi connectivity index (χ1) is 16.4. The lowest BCUT2D eigenvalue weighted by Gasteiger charge is -2.26. The molecule has 0 spiro atoms. The maximum Gasteiger partial charge on any atom is 0.273 e. The Labute approximate surface area is 194 Å². The lowest BCUT2D eigenvalue weighted by atomic mass is 9.97. The molecule has 3 aliphatic rings. The molecule has 34 heavy (non-hydrogen) atoms. The maximum atomic E-state index is 14.5. The molecule has 10 heteroatoms. The van der Waals surface area contributed by atoms with Crippen molar-refractivity contribution in [3.8, 4) is 12.3 Å². The van der Waals surface area contributed by atoms with E-state index in [1.165, 1.54) is 29.4 Å². The zero-order chi connectivity index (χ0) is 24.0. The Bertz CT molecular complexity index is 1210. The number of aliphatic imine (C=N–C) groups is 1. The van der Waals surface area contributed by atoms with Gasteiger partial charge in [0.2, 0.25) is 0 Å². The molecular formula is C24H22F3N5O2. The molecule has 2 fully saturated rings. The van der Waals surface area contributed by atoms with E-state index in [1.54, 1.807) is 0 Å². The lowest BCUT2D eigenvalue weighted by molar-refractivity contribution is -0.125. The second kappa shape index (κ2) is 8.72. The van der Waals surface area contributed by atoms with Crippen LogP contribution in [0.4, 0.5) is 19.0 Å². The van der Waals surface area contributed by atoms with E-state index in [-0.39, 0.29) is 43.9 Å². The molecule has 5 rings (SSSR count). The number of amides is 1. The molecule has 1 amide bonds. The summed E-state index contributed by atoms with van der Waals surface area (Å²) in [5.74, 6) is 1.65. The molecule has 3 heterocycles. The molecule has 1 saturated carbocycles. The molecule has 0 unspecified atom stereocenters. The number of hydrogen-bond acceptors (Lipinski definition) is 6. The van der Waals surface area contributed by atoms with Crippen LogP contribution >= 0.6 is 0 Å². The fourth-order valence-electron chi connectivity index (χ4n) is 4.97. The highest BCUT2D eigenvalue weighted by Gasteiger charge is 2.42. The van der Waals surface area contributed by atoms with Gasteiger partial charge in [-0.05, 0) is 23.8 Å². The van der Waals surface area contributed by atoms with Gasteiger partial charge in [0.25, 0.3) is 5.91 Å². The van der Waals surface area contributed by atoms with E-state index >= 15 is 0 Å². The standard InChI is InChI=1S/C24H22F3N5O2/c1-2-12-3-4-13(25)5-16(12)19-7-15(27)10-32(19)24(34)22-21-18(9-28-22)29-11-30-23(21)31-17-6-14(26)8-20(17)33/h1,3-5,11,14-15,17,19-20,33H,6-10H2,(H,29,30,31)/t14-,15+,17-,19-,20-/m1/s1. The van der Waals surface area contributed by atoms with Crippen LogP contribution in [0.1, 0.15) is 47.7 Å². The van der Waals surface area contributed by atoms with Gasteiger partial charge in [-0.2, -0.15) is 0 Å². The number of halogens is 3. The van der Waals surface area contributed by atoms with Crippen molar-refractivity contribution in [1.82, 2.24) is 14.9 Å². The van der Waals surface area contributed by atoms with Gasteiger partial charge in [0.05, 0.1) is 42.5 Å². The van der Waals surface area contributed by atoms with Gasteiger partial charge in [-0.25, -0.2) is 23.1 Å². The third-order valence-corrected chi connectivity index (χ3v) is 6.58. The summed E-state index contributed by atoms with van der Waals surface area (Å²) >= 11 is 0. The van der Waals surface area contributed by atoms with Gasteiger partial charge >= 0.3 is 0 Å². The number of rotatable bonds is 4. The van der Waals surface area contributed by atoms with E-state index in [1.807, 2.05) is 0 Å². The third-order valence-electron chi connectivity index (χ3n) is 6.58. The van der Waals surface area contributed by atoms with E-state index in [9.17, 15) is 23.1 Å². The zero-order valence-electron chi connectivity index (χ0n) is 18.1. The average molecular weight is 469 g/mol. The predicted molar refractivity (Wildman–Crippen MR) is 118 cm³/mol. The number of carbonyl (C=O) groups excluding carboxylic acids is 1. The molecule has 2 aromatic rings. The van der Waals surface area contributed by atoms with Crippen LogP contribution in [0.2, 0.25) is 0 Å². The van der Waals surface area contributed by atoms with Crippen molar-refractivity contribution in [3.63, 3.8) is 0 Å². The van der Waals surface area contributed by atoms with Crippen LogP contribution in [0.25, 0.3) is 0 Å². The number of likely N-dealkylation sites (tertiary alicyclic amines) is 1. The normalized spacial score (nSPS) is 27.9. The molecule has 0 radical (unpaired) electrons. The molecular weight excluding hydrogens is 447 g/mol. The van der Waals surface area contributed by atoms with Crippen LogP contribution in [-0.2, 0) is 11.3 Å². The highest BCUT2D eigenvalue weighted by atomic mass is 19.1. The smallest absolute Gasteiger partial charge is 0.273 e. The van der Waals surface area contributed by atoms with Crippen molar-refractivity contribution in [1.29, 1.82) is 0 Å². The number of aromatic nitrogens is 2. The molecule has 2 N–H and O–H groups in total. The van der Waals surface area contributed by atoms with Crippen LogP contribution in [0, 0.1) is 18.2 Å². The van der Waals surface area contributed by atoms with Gasteiger partial charge in [-0.1, -0.05) is 5.92 Å². The van der Waals surface area contributed by atoms with Gasteiger partial charge in [-0.3, -0.25) is 9.79 Å². The molecule has 1 aromatic heterocycles. The Kier molecular flexibility index (Phi) is 5.73. The van der Waals surface area contributed by atoms with Crippen LogP contribution < -0.4 is 5.32 Å². The molecule has 1 aliphatic carbocycles. The Hall–Kier alpha value is -3.45. The fraction of sp³-hybridized carbons (Fsp3) is 0.417. The number of alkyl halides is 2. The summed E-state index contributed by atoms with van der Waals surface area (Å²) in [4.78, 5) is 27.7. The number of benzene rings is 1. The van der Waals surface area contributed by atoms with Gasteiger partial charge in [0.15, 0.2) is 0 Å². The average Bonchev–Trinajstić information content (AvgIpc) is 3.50. The number of terminal acetylenes is 1. The summed E-state index contributed by atoms with van der Waals surface area (Å²) in [5, 5.41) is 13.2. The van der Waals surface area contributed by atoms with Gasteiger partial charge in [0, 0.05) is 24.8 Å². The van der Waals surface area contributed by atoms with Crippen molar-refractivity contribution < 1.29 is 23.1 Å².